The van der Waals surface area contributed by atoms with Crippen LogP contribution in [-0.2, 0) is 17.7 Å². The zero-order chi connectivity index (χ0) is 17.9. The van der Waals surface area contributed by atoms with Gasteiger partial charge >= 0.3 is 0 Å². The zero-order valence-corrected chi connectivity index (χ0v) is 17.9. The van der Waals surface area contributed by atoms with Crippen molar-refractivity contribution >= 4 is 29.9 Å². The van der Waals surface area contributed by atoms with Crippen molar-refractivity contribution in [1.82, 2.24) is 20.8 Å². The Morgan fingerprint density at radius 1 is 1.27 bits per heavy atom. The van der Waals surface area contributed by atoms with Crippen LogP contribution in [0.5, 0.6) is 0 Å². The molecule has 0 bridgehead atoms. The summed E-state index contributed by atoms with van der Waals surface area (Å²) >= 11 is 0. The maximum Gasteiger partial charge on any atom is 0.257 e. The number of methoxy groups -OCH3 is 1. The number of halogens is 1. The monoisotopic (exact) mass is 473 g/mol. The lowest BCUT2D eigenvalue weighted by molar-refractivity contribution is 0.203. The molecular formula is C18H28IN5O2. The summed E-state index contributed by atoms with van der Waals surface area (Å²) in [5.41, 5.74) is 2.00. The molecule has 1 aromatic heterocycles. The van der Waals surface area contributed by atoms with E-state index in [4.69, 9.17) is 9.26 Å². The van der Waals surface area contributed by atoms with E-state index in [-0.39, 0.29) is 24.0 Å². The number of benzene rings is 1. The van der Waals surface area contributed by atoms with E-state index in [0.717, 1.165) is 42.3 Å². The van der Waals surface area contributed by atoms with E-state index in [1.165, 1.54) is 0 Å². The molecule has 0 saturated carbocycles. The average molecular weight is 473 g/mol. The van der Waals surface area contributed by atoms with E-state index in [1.54, 1.807) is 7.11 Å². The minimum atomic E-state index is 0. The molecule has 0 saturated heterocycles. The van der Waals surface area contributed by atoms with Gasteiger partial charge in [0.15, 0.2) is 11.8 Å². The maximum atomic E-state index is 5.35. The smallest absolute Gasteiger partial charge is 0.257 e. The molecule has 26 heavy (non-hydrogen) atoms. The minimum absolute atomic E-state index is 0. The van der Waals surface area contributed by atoms with E-state index in [9.17, 15) is 0 Å². The van der Waals surface area contributed by atoms with Gasteiger partial charge in [0.2, 0.25) is 0 Å². The Balaban J connectivity index is 0.00000338. The normalized spacial score (nSPS) is 11.1. The van der Waals surface area contributed by atoms with E-state index in [0.29, 0.717) is 25.6 Å². The van der Waals surface area contributed by atoms with Gasteiger partial charge in [-0.05, 0) is 31.0 Å². The molecule has 2 rings (SSSR count). The third kappa shape index (κ3) is 7.28. The van der Waals surface area contributed by atoms with Crippen molar-refractivity contribution in [2.45, 2.75) is 33.2 Å². The van der Waals surface area contributed by atoms with Gasteiger partial charge in [0.1, 0.15) is 0 Å². The number of guanidine groups is 1. The molecule has 7 nitrogen and oxygen atoms in total. The molecule has 0 spiro atoms. The maximum absolute atomic E-state index is 5.35. The molecule has 0 atom stereocenters. The highest BCUT2D eigenvalue weighted by molar-refractivity contribution is 14.0. The Kier molecular flexibility index (Phi) is 10.9. The van der Waals surface area contributed by atoms with Crippen LogP contribution in [0.3, 0.4) is 0 Å². The topological polar surface area (TPSA) is 84.6 Å². The van der Waals surface area contributed by atoms with Gasteiger partial charge in [-0.25, -0.2) is 4.99 Å². The number of aryl methyl sites for hydroxylation is 1. The Morgan fingerprint density at radius 2 is 2.12 bits per heavy atom. The first-order chi connectivity index (χ1) is 12.3. The Labute approximate surface area is 172 Å². The van der Waals surface area contributed by atoms with Gasteiger partial charge in [-0.3, -0.25) is 0 Å². The summed E-state index contributed by atoms with van der Waals surface area (Å²) in [6.07, 6.45) is 1.82. The van der Waals surface area contributed by atoms with Crippen molar-refractivity contribution in [3.63, 3.8) is 0 Å². The predicted octanol–water partition coefficient (Wildman–Crippen LogP) is 3.01. The van der Waals surface area contributed by atoms with E-state index < -0.39 is 0 Å². The van der Waals surface area contributed by atoms with Gasteiger partial charge in [-0.1, -0.05) is 24.2 Å². The Morgan fingerprint density at radius 3 is 2.85 bits per heavy atom. The van der Waals surface area contributed by atoms with Crippen LogP contribution in [0.15, 0.2) is 33.8 Å². The third-order valence-corrected chi connectivity index (χ3v) is 3.48. The lowest BCUT2D eigenvalue weighted by Crippen LogP contribution is -2.38. The Bertz CT molecular complexity index is 675. The number of aliphatic imine (C=N–C) groups is 1. The summed E-state index contributed by atoms with van der Waals surface area (Å²) < 4.78 is 10.4. The standard InChI is InChI=1S/C18H27N5O2.HI/c1-4-7-16-22-17(25-23-16)15-9-6-8-14(12-15)13-21-18(19-5-2)20-10-11-24-3;/h6,8-9,12H,4-5,7,10-11,13H2,1-3H3,(H2,19,20,21);1H. The first kappa shape index (κ1) is 22.4. The van der Waals surface area contributed by atoms with E-state index in [2.05, 4.69) is 32.7 Å². The molecule has 0 aliphatic rings. The van der Waals surface area contributed by atoms with Gasteiger partial charge in [0.05, 0.1) is 13.2 Å². The van der Waals surface area contributed by atoms with E-state index >= 15 is 0 Å². The van der Waals surface area contributed by atoms with Crippen LogP contribution in [0.4, 0.5) is 0 Å². The molecule has 0 radical (unpaired) electrons. The van der Waals surface area contributed by atoms with Crippen LogP contribution in [0.25, 0.3) is 11.5 Å². The number of rotatable bonds is 9. The molecule has 8 heteroatoms. The van der Waals surface area contributed by atoms with Gasteiger partial charge in [-0.15, -0.1) is 24.0 Å². The van der Waals surface area contributed by atoms with Crippen LogP contribution in [0.1, 0.15) is 31.7 Å². The third-order valence-electron chi connectivity index (χ3n) is 3.48. The highest BCUT2D eigenvalue weighted by atomic mass is 127. The Hall–Kier alpha value is -1.68. The number of nitrogens with zero attached hydrogens (tertiary/aromatic N) is 3. The van der Waals surface area contributed by atoms with Crippen molar-refractivity contribution in [3.05, 3.63) is 35.7 Å². The molecule has 0 aliphatic heterocycles. The summed E-state index contributed by atoms with van der Waals surface area (Å²) in [6.45, 7) is 6.85. The second-order valence-electron chi connectivity index (χ2n) is 5.58. The molecule has 144 valence electrons. The van der Waals surface area contributed by atoms with Crippen molar-refractivity contribution in [1.29, 1.82) is 0 Å². The van der Waals surface area contributed by atoms with Crippen LogP contribution < -0.4 is 10.6 Å². The summed E-state index contributed by atoms with van der Waals surface area (Å²) in [6, 6.07) is 8.02. The number of hydrogen-bond donors (Lipinski definition) is 2. The second kappa shape index (κ2) is 12.6. The summed E-state index contributed by atoms with van der Waals surface area (Å²) in [5, 5.41) is 10.5. The van der Waals surface area contributed by atoms with Crippen LogP contribution >= 0.6 is 24.0 Å². The fraction of sp³-hybridized carbons (Fsp3) is 0.500. The quantitative estimate of drug-likeness (QED) is 0.252. The highest BCUT2D eigenvalue weighted by Gasteiger charge is 2.08. The summed E-state index contributed by atoms with van der Waals surface area (Å²) in [7, 11) is 1.68. The highest BCUT2D eigenvalue weighted by Crippen LogP contribution is 2.19. The first-order valence-corrected chi connectivity index (χ1v) is 8.69. The van der Waals surface area contributed by atoms with Gasteiger partial charge < -0.3 is 19.9 Å². The van der Waals surface area contributed by atoms with Crippen molar-refractivity contribution in [3.8, 4) is 11.5 Å². The van der Waals surface area contributed by atoms with Crippen LogP contribution in [0.2, 0.25) is 0 Å². The number of hydrogen-bond acceptors (Lipinski definition) is 5. The first-order valence-electron chi connectivity index (χ1n) is 8.69. The average Bonchev–Trinajstić information content (AvgIpc) is 3.09. The van der Waals surface area contributed by atoms with Crippen LogP contribution in [0, 0.1) is 0 Å². The summed E-state index contributed by atoms with van der Waals surface area (Å²) in [5.74, 6) is 2.07. The predicted molar refractivity (Wildman–Crippen MR) is 114 cm³/mol. The summed E-state index contributed by atoms with van der Waals surface area (Å²) in [4.78, 5) is 9.03. The molecule has 2 N–H and O–H groups in total. The van der Waals surface area contributed by atoms with Gasteiger partial charge in [-0.2, -0.15) is 4.98 Å². The zero-order valence-electron chi connectivity index (χ0n) is 15.6. The molecule has 0 unspecified atom stereocenters. The molecule has 0 fully saturated rings. The number of nitrogens with one attached hydrogen (secondary N) is 2. The van der Waals surface area contributed by atoms with Crippen molar-refractivity contribution in [2.24, 2.45) is 4.99 Å². The van der Waals surface area contributed by atoms with Crippen molar-refractivity contribution in [2.75, 3.05) is 26.8 Å². The fourth-order valence-corrected chi connectivity index (χ4v) is 2.28. The fourth-order valence-electron chi connectivity index (χ4n) is 2.28. The van der Waals surface area contributed by atoms with Crippen molar-refractivity contribution < 1.29 is 9.26 Å². The van der Waals surface area contributed by atoms with Crippen LogP contribution in [-0.4, -0.2) is 42.9 Å². The van der Waals surface area contributed by atoms with E-state index in [1.807, 2.05) is 31.2 Å². The number of ether oxygens (including phenoxy) is 1. The SMILES string of the molecule is CCCc1noc(-c2cccc(CN=C(NCC)NCCOC)c2)n1.I. The lowest BCUT2D eigenvalue weighted by atomic mass is 10.1. The number of aromatic nitrogens is 2. The minimum Gasteiger partial charge on any atom is -0.383 e. The molecule has 2 aromatic rings. The molecule has 0 aliphatic carbocycles. The molecule has 1 aromatic carbocycles. The molecular weight excluding hydrogens is 445 g/mol. The van der Waals surface area contributed by atoms with Gasteiger partial charge in [0, 0.05) is 32.2 Å². The largest absolute Gasteiger partial charge is 0.383 e. The second-order valence-corrected chi connectivity index (χ2v) is 5.58. The van der Waals surface area contributed by atoms with Gasteiger partial charge in [0.25, 0.3) is 5.89 Å². The molecule has 0 amide bonds. The lowest BCUT2D eigenvalue weighted by Gasteiger charge is -2.10. The molecule has 1 heterocycles.